The van der Waals surface area contributed by atoms with E-state index >= 15 is 0 Å². The van der Waals surface area contributed by atoms with E-state index in [1.54, 1.807) is 5.48 Å². The first-order valence-corrected chi connectivity index (χ1v) is 3.38. The van der Waals surface area contributed by atoms with Crippen molar-refractivity contribution in [2.24, 2.45) is 5.73 Å². The minimum Gasteiger partial charge on any atom is -0.325 e. The first kappa shape index (κ1) is 7.50. The van der Waals surface area contributed by atoms with Crippen LogP contribution in [0.15, 0.2) is 0 Å². The minimum atomic E-state index is -0.387. The van der Waals surface area contributed by atoms with Crippen LogP contribution in [-0.4, -0.2) is 16.7 Å². The third-order valence-electron chi connectivity index (χ3n) is 1.99. The number of nitrogens with two attached hydrogens (primary N) is 1. The standard InChI is InChI=1S/C6H12N2O2/c7-6(2-1-3-6)4-5(9)8-10/h10H,1-4,7H2,(H,8,9). The minimum absolute atomic E-state index is 0.240. The molecule has 1 saturated carbocycles. The molecule has 4 N–H and O–H groups in total. The Hall–Kier alpha value is -0.610. The molecule has 0 aromatic carbocycles. The van der Waals surface area contributed by atoms with Crippen LogP contribution in [0.4, 0.5) is 0 Å². The van der Waals surface area contributed by atoms with Crippen LogP contribution < -0.4 is 11.2 Å². The average Bonchev–Trinajstić information content (AvgIpc) is 1.84. The van der Waals surface area contributed by atoms with Crippen molar-refractivity contribution in [1.29, 1.82) is 0 Å². The highest BCUT2D eigenvalue weighted by Gasteiger charge is 2.34. The molecule has 0 spiro atoms. The van der Waals surface area contributed by atoms with Crippen LogP contribution in [0.2, 0.25) is 0 Å². The Labute approximate surface area is 59.4 Å². The van der Waals surface area contributed by atoms with E-state index < -0.39 is 0 Å². The number of hydrogen-bond acceptors (Lipinski definition) is 3. The molecule has 0 unspecified atom stereocenters. The van der Waals surface area contributed by atoms with Gasteiger partial charge in [-0.05, 0) is 19.3 Å². The highest BCUT2D eigenvalue weighted by molar-refractivity contribution is 5.76. The molecular formula is C6H12N2O2. The van der Waals surface area contributed by atoms with Crippen LogP contribution in [0.3, 0.4) is 0 Å². The van der Waals surface area contributed by atoms with Crippen LogP contribution in [0, 0.1) is 0 Å². The summed E-state index contributed by atoms with van der Waals surface area (Å²) in [6.07, 6.45) is 3.11. The maximum atomic E-state index is 10.6. The second-order valence-corrected chi connectivity index (χ2v) is 2.93. The van der Waals surface area contributed by atoms with Crippen LogP contribution in [0.5, 0.6) is 0 Å². The Morgan fingerprint density at radius 2 is 2.30 bits per heavy atom. The molecule has 10 heavy (non-hydrogen) atoms. The molecule has 0 atom stereocenters. The Morgan fingerprint density at radius 3 is 2.60 bits per heavy atom. The van der Waals surface area contributed by atoms with Gasteiger partial charge in [-0.2, -0.15) is 0 Å². The van der Waals surface area contributed by atoms with E-state index in [1.807, 2.05) is 0 Å². The molecule has 58 valence electrons. The lowest BCUT2D eigenvalue weighted by atomic mass is 9.75. The van der Waals surface area contributed by atoms with Crippen molar-refractivity contribution < 1.29 is 10.0 Å². The molecule has 0 heterocycles. The van der Waals surface area contributed by atoms with E-state index in [0.29, 0.717) is 0 Å². The maximum absolute atomic E-state index is 10.6. The third-order valence-corrected chi connectivity index (χ3v) is 1.99. The fourth-order valence-corrected chi connectivity index (χ4v) is 1.17. The van der Waals surface area contributed by atoms with E-state index in [0.717, 1.165) is 19.3 Å². The molecule has 1 amide bonds. The third kappa shape index (κ3) is 1.46. The number of amides is 1. The van der Waals surface area contributed by atoms with Crippen LogP contribution in [-0.2, 0) is 4.79 Å². The topological polar surface area (TPSA) is 75.4 Å². The SMILES string of the molecule is NC1(CC(=O)NO)CCC1. The van der Waals surface area contributed by atoms with Crippen molar-refractivity contribution in [3.8, 4) is 0 Å². The van der Waals surface area contributed by atoms with Gasteiger partial charge in [-0.3, -0.25) is 10.0 Å². The van der Waals surface area contributed by atoms with Gasteiger partial charge in [0.25, 0.3) is 0 Å². The summed E-state index contributed by atoms with van der Waals surface area (Å²) in [6.45, 7) is 0. The number of carbonyl (C=O) groups excluding carboxylic acids is 1. The molecule has 4 heteroatoms. The summed E-state index contributed by atoms with van der Waals surface area (Å²) in [6, 6.07) is 0. The van der Waals surface area contributed by atoms with Gasteiger partial charge in [0.15, 0.2) is 0 Å². The van der Waals surface area contributed by atoms with Crippen molar-refractivity contribution in [2.45, 2.75) is 31.2 Å². The lowest BCUT2D eigenvalue weighted by molar-refractivity contribution is -0.131. The van der Waals surface area contributed by atoms with Gasteiger partial charge in [0.1, 0.15) is 0 Å². The molecule has 0 saturated heterocycles. The smallest absolute Gasteiger partial charge is 0.245 e. The maximum Gasteiger partial charge on any atom is 0.245 e. The summed E-state index contributed by atoms with van der Waals surface area (Å²) in [7, 11) is 0. The Kier molecular flexibility index (Phi) is 1.92. The zero-order valence-electron chi connectivity index (χ0n) is 5.76. The van der Waals surface area contributed by atoms with Crippen molar-refractivity contribution in [3.05, 3.63) is 0 Å². The second kappa shape index (κ2) is 2.56. The number of nitrogens with one attached hydrogen (secondary N) is 1. The van der Waals surface area contributed by atoms with Gasteiger partial charge >= 0.3 is 0 Å². The van der Waals surface area contributed by atoms with Crippen LogP contribution in [0.1, 0.15) is 25.7 Å². The lowest BCUT2D eigenvalue weighted by Gasteiger charge is -2.37. The van der Waals surface area contributed by atoms with E-state index in [9.17, 15) is 4.79 Å². The van der Waals surface area contributed by atoms with Gasteiger partial charge in [0, 0.05) is 12.0 Å². The molecule has 0 aliphatic heterocycles. The molecular weight excluding hydrogens is 132 g/mol. The quantitative estimate of drug-likeness (QED) is 0.370. The number of rotatable bonds is 2. The summed E-state index contributed by atoms with van der Waals surface area (Å²) < 4.78 is 0. The number of hydrogen-bond donors (Lipinski definition) is 3. The fraction of sp³-hybridized carbons (Fsp3) is 0.833. The first-order valence-electron chi connectivity index (χ1n) is 3.38. The molecule has 4 nitrogen and oxygen atoms in total. The van der Waals surface area contributed by atoms with E-state index in [2.05, 4.69) is 0 Å². The monoisotopic (exact) mass is 144 g/mol. The van der Waals surface area contributed by atoms with Gasteiger partial charge in [-0.1, -0.05) is 0 Å². The fourth-order valence-electron chi connectivity index (χ4n) is 1.17. The molecule has 0 aromatic rings. The second-order valence-electron chi connectivity index (χ2n) is 2.93. The predicted octanol–water partition coefficient (Wildman–Crippen LogP) is -0.237. The van der Waals surface area contributed by atoms with Crippen molar-refractivity contribution >= 4 is 5.91 Å². The predicted molar refractivity (Wildman–Crippen MR) is 35.3 cm³/mol. The molecule has 0 aromatic heterocycles. The average molecular weight is 144 g/mol. The Bertz CT molecular complexity index is 143. The summed E-state index contributed by atoms with van der Waals surface area (Å²) in [5.41, 5.74) is 6.95. The summed E-state index contributed by atoms with van der Waals surface area (Å²) >= 11 is 0. The molecule has 0 bridgehead atoms. The Balaban J connectivity index is 2.29. The van der Waals surface area contributed by atoms with E-state index in [-0.39, 0.29) is 17.9 Å². The van der Waals surface area contributed by atoms with Crippen LogP contribution >= 0.6 is 0 Å². The molecule has 1 aliphatic carbocycles. The largest absolute Gasteiger partial charge is 0.325 e. The molecule has 1 rings (SSSR count). The van der Waals surface area contributed by atoms with Crippen molar-refractivity contribution in [2.75, 3.05) is 0 Å². The summed E-state index contributed by atoms with van der Waals surface area (Å²) in [5.74, 6) is -0.387. The van der Waals surface area contributed by atoms with Gasteiger partial charge < -0.3 is 5.73 Å². The first-order chi connectivity index (χ1) is 4.66. The van der Waals surface area contributed by atoms with E-state index in [1.165, 1.54) is 0 Å². The number of hydroxylamine groups is 1. The summed E-state index contributed by atoms with van der Waals surface area (Å²) in [5, 5.41) is 8.16. The highest BCUT2D eigenvalue weighted by Crippen LogP contribution is 2.31. The molecule has 1 aliphatic rings. The highest BCUT2D eigenvalue weighted by atomic mass is 16.5. The van der Waals surface area contributed by atoms with Gasteiger partial charge in [0.05, 0.1) is 0 Å². The Morgan fingerprint density at radius 1 is 1.70 bits per heavy atom. The normalized spacial score (nSPS) is 21.4. The van der Waals surface area contributed by atoms with Gasteiger partial charge in [0.2, 0.25) is 5.91 Å². The van der Waals surface area contributed by atoms with Crippen molar-refractivity contribution in [3.63, 3.8) is 0 Å². The van der Waals surface area contributed by atoms with E-state index in [4.69, 9.17) is 10.9 Å². The summed E-state index contributed by atoms with van der Waals surface area (Å²) in [4.78, 5) is 10.6. The zero-order valence-corrected chi connectivity index (χ0v) is 5.76. The zero-order chi connectivity index (χ0) is 7.61. The molecule has 0 radical (unpaired) electrons. The van der Waals surface area contributed by atoms with Crippen LogP contribution in [0.25, 0.3) is 0 Å². The number of carbonyl (C=O) groups is 1. The van der Waals surface area contributed by atoms with Gasteiger partial charge in [-0.25, -0.2) is 5.48 Å². The lowest BCUT2D eigenvalue weighted by Crippen LogP contribution is -2.49. The van der Waals surface area contributed by atoms with Gasteiger partial charge in [-0.15, -0.1) is 0 Å². The van der Waals surface area contributed by atoms with Crippen molar-refractivity contribution in [1.82, 2.24) is 5.48 Å². The molecule has 1 fully saturated rings.